The Morgan fingerprint density at radius 1 is 1.64 bits per heavy atom. The van der Waals surface area contributed by atoms with Gasteiger partial charge in [0.1, 0.15) is 0 Å². The number of piperidine rings is 1. The van der Waals surface area contributed by atoms with Gasteiger partial charge in [-0.2, -0.15) is 0 Å². The highest BCUT2D eigenvalue weighted by atomic mass is 16.2. The number of nitrogens with zero attached hydrogens (tertiary/aromatic N) is 2. The summed E-state index contributed by atoms with van der Waals surface area (Å²) >= 11 is 0. The lowest BCUT2D eigenvalue weighted by Gasteiger charge is -2.31. The first-order valence-electron chi connectivity index (χ1n) is 5.18. The maximum Gasteiger partial charge on any atom is 0.223 e. The Balaban J connectivity index is 2.34. The summed E-state index contributed by atoms with van der Waals surface area (Å²) in [6.45, 7) is 6.44. The molecule has 1 heterocycles. The van der Waals surface area contributed by atoms with Crippen LogP contribution in [0.15, 0.2) is 12.7 Å². The van der Waals surface area contributed by atoms with Crippen LogP contribution >= 0.6 is 0 Å². The lowest BCUT2D eigenvalue weighted by Crippen LogP contribution is -2.41. The fraction of sp³-hybridized carbons (Fsp3) is 0.727. The molecule has 3 nitrogen and oxygen atoms in total. The smallest absolute Gasteiger partial charge is 0.223 e. The summed E-state index contributed by atoms with van der Waals surface area (Å²) in [4.78, 5) is 15.7. The van der Waals surface area contributed by atoms with E-state index in [0.717, 1.165) is 26.1 Å². The minimum atomic E-state index is 0.281. The predicted molar refractivity (Wildman–Crippen MR) is 58.1 cm³/mol. The second kappa shape index (κ2) is 5.15. The molecule has 1 rings (SSSR count). The van der Waals surface area contributed by atoms with Crippen molar-refractivity contribution in [3.05, 3.63) is 12.7 Å². The number of likely N-dealkylation sites (N-methyl/N-ethyl adjacent to an activating group) is 1. The first kappa shape index (κ1) is 11.2. The lowest BCUT2D eigenvalue weighted by atomic mass is 9.96. The van der Waals surface area contributed by atoms with Crippen LogP contribution in [0.1, 0.15) is 12.8 Å². The van der Waals surface area contributed by atoms with Gasteiger partial charge in [0, 0.05) is 26.1 Å². The molecular weight excluding hydrogens is 176 g/mol. The molecule has 1 aliphatic rings. The van der Waals surface area contributed by atoms with Crippen LogP contribution in [0, 0.1) is 5.92 Å². The molecule has 3 heteroatoms. The van der Waals surface area contributed by atoms with Crippen LogP contribution in [0.3, 0.4) is 0 Å². The van der Waals surface area contributed by atoms with E-state index in [4.69, 9.17) is 0 Å². The zero-order chi connectivity index (χ0) is 10.6. The standard InChI is InChI=1S/C11H20N2O/c1-4-10-5-6-13(11(14)9-10)8-7-12(2)3/h4,10H,1,5-9H2,2-3H3/t10-/m1/s1. The molecule has 80 valence electrons. The fourth-order valence-corrected chi connectivity index (χ4v) is 1.66. The lowest BCUT2D eigenvalue weighted by molar-refractivity contribution is -0.134. The number of carbonyl (C=O) groups is 1. The molecule has 1 atom stereocenters. The largest absolute Gasteiger partial charge is 0.341 e. The first-order chi connectivity index (χ1) is 6.63. The van der Waals surface area contributed by atoms with E-state index in [-0.39, 0.29) is 5.91 Å². The summed E-state index contributed by atoms with van der Waals surface area (Å²) < 4.78 is 0. The summed E-state index contributed by atoms with van der Waals surface area (Å²) in [7, 11) is 4.06. The Morgan fingerprint density at radius 3 is 2.86 bits per heavy atom. The Morgan fingerprint density at radius 2 is 2.36 bits per heavy atom. The third-order valence-corrected chi connectivity index (χ3v) is 2.71. The van der Waals surface area contributed by atoms with Crippen molar-refractivity contribution in [1.29, 1.82) is 0 Å². The summed E-state index contributed by atoms with van der Waals surface area (Å²) in [6.07, 6.45) is 3.63. The zero-order valence-electron chi connectivity index (χ0n) is 9.20. The Kier molecular flexibility index (Phi) is 4.14. The van der Waals surface area contributed by atoms with Gasteiger partial charge in [-0.3, -0.25) is 4.79 Å². The zero-order valence-corrected chi connectivity index (χ0v) is 9.20. The van der Waals surface area contributed by atoms with Gasteiger partial charge in [0.2, 0.25) is 5.91 Å². The van der Waals surface area contributed by atoms with Crippen LogP contribution in [0.4, 0.5) is 0 Å². The number of hydrogen-bond donors (Lipinski definition) is 0. The van der Waals surface area contributed by atoms with Crippen molar-refractivity contribution < 1.29 is 4.79 Å². The third kappa shape index (κ3) is 3.14. The molecule has 0 aromatic carbocycles. The van der Waals surface area contributed by atoms with Crippen molar-refractivity contribution in [3.63, 3.8) is 0 Å². The van der Waals surface area contributed by atoms with Gasteiger partial charge >= 0.3 is 0 Å². The first-order valence-corrected chi connectivity index (χ1v) is 5.18. The highest BCUT2D eigenvalue weighted by Crippen LogP contribution is 2.18. The van der Waals surface area contributed by atoms with E-state index in [1.807, 2.05) is 25.1 Å². The topological polar surface area (TPSA) is 23.6 Å². The predicted octanol–water partition coefficient (Wildman–Crippen LogP) is 0.973. The number of likely N-dealkylation sites (tertiary alicyclic amines) is 1. The second-order valence-corrected chi connectivity index (χ2v) is 4.17. The summed E-state index contributed by atoms with van der Waals surface area (Å²) in [5.74, 6) is 0.682. The monoisotopic (exact) mass is 196 g/mol. The maximum atomic E-state index is 11.6. The minimum absolute atomic E-state index is 0.281. The van der Waals surface area contributed by atoms with E-state index in [9.17, 15) is 4.79 Å². The summed E-state index contributed by atoms with van der Waals surface area (Å²) in [5.41, 5.74) is 0. The fourth-order valence-electron chi connectivity index (χ4n) is 1.66. The average Bonchev–Trinajstić information content (AvgIpc) is 2.15. The van der Waals surface area contributed by atoms with Crippen LogP contribution in [0.25, 0.3) is 0 Å². The number of hydrogen-bond acceptors (Lipinski definition) is 2. The van der Waals surface area contributed by atoms with Crippen molar-refractivity contribution in [2.24, 2.45) is 5.92 Å². The number of carbonyl (C=O) groups excluding carboxylic acids is 1. The van der Waals surface area contributed by atoms with Crippen molar-refractivity contribution in [1.82, 2.24) is 9.80 Å². The molecule has 0 N–H and O–H groups in total. The van der Waals surface area contributed by atoms with E-state index >= 15 is 0 Å². The van der Waals surface area contributed by atoms with E-state index in [2.05, 4.69) is 11.5 Å². The molecule has 1 amide bonds. The summed E-state index contributed by atoms with van der Waals surface area (Å²) in [6, 6.07) is 0. The molecule has 0 radical (unpaired) electrons. The van der Waals surface area contributed by atoms with Gasteiger partial charge < -0.3 is 9.80 Å². The van der Waals surface area contributed by atoms with Crippen molar-refractivity contribution in [3.8, 4) is 0 Å². The molecule has 0 aromatic rings. The Labute approximate surface area is 86.4 Å². The highest BCUT2D eigenvalue weighted by molar-refractivity contribution is 5.77. The Bertz CT molecular complexity index is 213. The normalized spacial score (nSPS) is 22.9. The molecule has 1 aliphatic heterocycles. The summed E-state index contributed by atoms with van der Waals surface area (Å²) in [5, 5.41) is 0. The maximum absolute atomic E-state index is 11.6. The van der Waals surface area contributed by atoms with Crippen LogP contribution in [0.5, 0.6) is 0 Å². The van der Waals surface area contributed by atoms with Gasteiger partial charge in [-0.05, 0) is 26.4 Å². The van der Waals surface area contributed by atoms with Gasteiger partial charge in [0.05, 0.1) is 0 Å². The molecule has 0 spiro atoms. The van der Waals surface area contributed by atoms with Crippen molar-refractivity contribution in [2.45, 2.75) is 12.8 Å². The van der Waals surface area contributed by atoms with E-state index in [1.54, 1.807) is 0 Å². The van der Waals surface area contributed by atoms with Crippen LogP contribution in [-0.2, 0) is 4.79 Å². The minimum Gasteiger partial charge on any atom is -0.341 e. The molecule has 0 saturated carbocycles. The van der Waals surface area contributed by atoms with Gasteiger partial charge in [0.15, 0.2) is 0 Å². The molecular formula is C11H20N2O. The molecule has 0 unspecified atom stereocenters. The average molecular weight is 196 g/mol. The molecule has 1 fully saturated rings. The molecule has 14 heavy (non-hydrogen) atoms. The molecule has 0 aliphatic carbocycles. The van der Waals surface area contributed by atoms with E-state index < -0.39 is 0 Å². The van der Waals surface area contributed by atoms with Crippen molar-refractivity contribution >= 4 is 5.91 Å². The number of amides is 1. The number of allylic oxidation sites excluding steroid dienone is 1. The quantitative estimate of drug-likeness (QED) is 0.626. The Hall–Kier alpha value is -0.830. The van der Waals surface area contributed by atoms with Crippen LogP contribution in [-0.4, -0.2) is 49.4 Å². The molecule has 0 bridgehead atoms. The second-order valence-electron chi connectivity index (χ2n) is 4.17. The van der Waals surface area contributed by atoms with Gasteiger partial charge in [-0.1, -0.05) is 6.08 Å². The van der Waals surface area contributed by atoms with Gasteiger partial charge in [0.25, 0.3) is 0 Å². The van der Waals surface area contributed by atoms with Crippen molar-refractivity contribution in [2.75, 3.05) is 33.7 Å². The van der Waals surface area contributed by atoms with E-state index in [1.165, 1.54) is 0 Å². The molecule has 0 aromatic heterocycles. The van der Waals surface area contributed by atoms with E-state index in [0.29, 0.717) is 12.3 Å². The third-order valence-electron chi connectivity index (χ3n) is 2.71. The number of rotatable bonds is 4. The molecule has 1 saturated heterocycles. The van der Waals surface area contributed by atoms with Gasteiger partial charge in [-0.15, -0.1) is 6.58 Å². The highest BCUT2D eigenvalue weighted by Gasteiger charge is 2.23. The van der Waals surface area contributed by atoms with Crippen LogP contribution < -0.4 is 0 Å². The van der Waals surface area contributed by atoms with Gasteiger partial charge in [-0.25, -0.2) is 0 Å². The SMILES string of the molecule is C=C[C@@H]1CCN(CCN(C)C)C(=O)C1. The van der Waals surface area contributed by atoms with Crippen LogP contribution in [0.2, 0.25) is 0 Å².